The number of nitrogens with one attached hydrogen (secondary N) is 1. The number of aromatic hydroxyl groups is 1. The summed E-state index contributed by atoms with van der Waals surface area (Å²) in [7, 11) is 0. The normalized spacial score (nSPS) is 10.4. The van der Waals surface area contributed by atoms with Crippen LogP contribution in [0.1, 0.15) is 50.2 Å². The van der Waals surface area contributed by atoms with E-state index in [4.69, 9.17) is 61.8 Å². The number of amides is 1. The maximum Gasteiger partial charge on any atom is 0.359 e. The summed E-state index contributed by atoms with van der Waals surface area (Å²) in [5.41, 5.74) is 6.02. The van der Waals surface area contributed by atoms with Crippen LogP contribution in [0.15, 0.2) is 252 Å². The number of aliphatic hydroxyl groups is 2. The lowest BCUT2D eigenvalue weighted by atomic mass is 10.2. The number of carbonyl (C=O) groups is 2. The molecule has 21 heteroatoms. The Morgan fingerprint density at radius 3 is 1.19 bits per heavy atom. The summed E-state index contributed by atoms with van der Waals surface area (Å²) in [6.45, 7) is 1.55. The Labute approximate surface area is 562 Å². The van der Waals surface area contributed by atoms with Gasteiger partial charge in [-0.3, -0.25) is 4.79 Å². The van der Waals surface area contributed by atoms with Gasteiger partial charge in [-0.25, -0.2) is 14.2 Å². The van der Waals surface area contributed by atoms with Gasteiger partial charge in [0, 0.05) is 31.3 Å². The molecule has 1 unspecified atom stereocenters. The number of carbonyl (C=O) groups excluding carboxylic acids is 2. The number of halogens is 3. The molecule has 0 saturated carbocycles. The molecule has 94 heavy (non-hydrogen) atoms. The van der Waals surface area contributed by atoms with Crippen molar-refractivity contribution in [3.63, 3.8) is 0 Å². The lowest BCUT2D eigenvalue weighted by Crippen LogP contribution is -2.34. The van der Waals surface area contributed by atoms with E-state index in [2.05, 4.69) is 65.6 Å². The highest BCUT2D eigenvalue weighted by Gasteiger charge is 2.20. The first-order valence-corrected chi connectivity index (χ1v) is 30.4. The summed E-state index contributed by atoms with van der Waals surface area (Å²) in [4.78, 5) is 24.9. The van der Waals surface area contributed by atoms with E-state index in [0.29, 0.717) is 73.7 Å². The predicted molar refractivity (Wildman–Crippen MR) is 363 cm³/mol. The molecule has 10 aromatic carbocycles. The number of nitriles is 4. The van der Waals surface area contributed by atoms with Crippen molar-refractivity contribution in [3.05, 3.63) is 290 Å². The van der Waals surface area contributed by atoms with Gasteiger partial charge in [0.05, 0.1) is 88.3 Å². The molecule has 1 atom stereocenters. The number of esters is 1. The zero-order chi connectivity index (χ0) is 66.8. The number of phenols is 1. The van der Waals surface area contributed by atoms with E-state index < -0.39 is 24.6 Å². The quantitative estimate of drug-likeness (QED) is 0.0737. The molecule has 0 saturated heterocycles. The Morgan fingerprint density at radius 2 is 0.830 bits per heavy atom. The van der Waals surface area contributed by atoms with Gasteiger partial charge in [-0.1, -0.05) is 79.9 Å². The van der Waals surface area contributed by atoms with Crippen LogP contribution in [0.25, 0.3) is 33.2 Å². The van der Waals surface area contributed by atoms with E-state index in [1.54, 1.807) is 156 Å². The fourth-order valence-corrected chi connectivity index (χ4v) is 9.04. The average Bonchev–Trinajstić information content (AvgIpc) is 1.64. The molecule has 466 valence electrons. The van der Waals surface area contributed by atoms with Crippen LogP contribution in [-0.4, -0.2) is 72.6 Å². The minimum absolute atomic E-state index is 0.0715. The molecule has 2 heterocycles. The van der Waals surface area contributed by atoms with Gasteiger partial charge >= 0.3 is 5.97 Å². The molecule has 0 aliphatic heterocycles. The Hall–Kier alpha value is -11.6. The van der Waals surface area contributed by atoms with Crippen LogP contribution >= 0.6 is 43.5 Å². The molecule has 0 aliphatic carbocycles. The third-order valence-corrected chi connectivity index (χ3v) is 14.3. The monoisotopic (exact) mass is 1390 g/mol. The Kier molecular flexibility index (Phi) is 25.1. The fourth-order valence-electron chi connectivity index (χ4n) is 8.38. The number of nitrogens with zero attached hydrogens (tertiary/aromatic N) is 8. The van der Waals surface area contributed by atoms with Crippen molar-refractivity contribution < 1.29 is 43.9 Å². The zero-order valence-electron chi connectivity index (χ0n) is 49.8. The highest BCUT2D eigenvalue weighted by Crippen LogP contribution is 2.30. The predicted octanol–water partition coefficient (Wildman–Crippen LogP) is 16.1. The van der Waals surface area contributed by atoms with Gasteiger partial charge in [-0.15, -0.1) is 0 Å². The summed E-state index contributed by atoms with van der Waals surface area (Å²) >= 11 is 12.2. The Balaban J connectivity index is 0.000000165. The van der Waals surface area contributed by atoms with Crippen LogP contribution < -0.4 is 19.5 Å². The fraction of sp³-hybridized carbons (Fsp3) is 0.0685. The second kappa shape index (κ2) is 34.6. The average molecular weight is 1400 g/mol. The zero-order valence-corrected chi connectivity index (χ0v) is 53.7. The van der Waals surface area contributed by atoms with Gasteiger partial charge < -0.3 is 39.6 Å². The van der Waals surface area contributed by atoms with Gasteiger partial charge in [0.25, 0.3) is 5.91 Å². The second-order valence-electron chi connectivity index (χ2n) is 19.6. The highest BCUT2D eigenvalue weighted by molar-refractivity contribution is 9.10. The molecule has 12 rings (SSSR count). The van der Waals surface area contributed by atoms with E-state index in [1.807, 2.05) is 109 Å². The van der Waals surface area contributed by atoms with Gasteiger partial charge in [-0.2, -0.15) is 31.2 Å². The van der Waals surface area contributed by atoms with Crippen LogP contribution in [0.2, 0.25) is 5.02 Å². The first-order chi connectivity index (χ1) is 45.7. The minimum Gasteiger partial charge on any atom is -0.508 e. The molecule has 0 aliphatic rings. The molecule has 12 aromatic rings. The molecule has 0 fully saturated rings. The summed E-state index contributed by atoms with van der Waals surface area (Å²) in [5, 5.41) is 75.5. The minimum atomic E-state index is -1.03. The number of para-hydroxylation sites is 2. The number of benzene rings is 10. The van der Waals surface area contributed by atoms with Crippen molar-refractivity contribution in [2.45, 2.75) is 13.0 Å². The number of rotatable bonds is 14. The van der Waals surface area contributed by atoms with E-state index >= 15 is 0 Å². The number of ether oxygens (including phenoxy) is 4. The van der Waals surface area contributed by atoms with E-state index in [0.717, 1.165) is 48.2 Å². The van der Waals surface area contributed by atoms with Crippen molar-refractivity contribution in [2.75, 3.05) is 19.8 Å². The van der Waals surface area contributed by atoms with E-state index in [-0.39, 0.29) is 12.2 Å². The summed E-state index contributed by atoms with van der Waals surface area (Å²) < 4.78 is 27.7. The van der Waals surface area contributed by atoms with Crippen molar-refractivity contribution in [1.82, 2.24) is 24.9 Å². The largest absolute Gasteiger partial charge is 0.508 e. The third kappa shape index (κ3) is 19.7. The van der Waals surface area contributed by atoms with E-state index in [1.165, 1.54) is 0 Å². The molecule has 0 spiro atoms. The molecular weight excluding hydrogens is 1340 g/mol. The Morgan fingerprint density at radius 1 is 0.500 bits per heavy atom. The number of phenolic OH excluding ortho intramolecular Hbond substituents is 1. The van der Waals surface area contributed by atoms with Gasteiger partial charge in [0.15, 0.2) is 11.4 Å². The van der Waals surface area contributed by atoms with E-state index in [9.17, 15) is 14.7 Å². The van der Waals surface area contributed by atoms with Crippen LogP contribution in [0.5, 0.6) is 40.2 Å². The number of aromatic nitrogens is 4. The lowest BCUT2D eigenvalue weighted by Gasteiger charge is -2.08. The topological polar surface area (TPSA) is 275 Å². The maximum atomic E-state index is 12.6. The van der Waals surface area contributed by atoms with Gasteiger partial charge in [0.1, 0.15) is 40.2 Å². The molecule has 0 bridgehead atoms. The van der Waals surface area contributed by atoms with Crippen LogP contribution in [-0.2, 0) is 4.74 Å². The third-order valence-electron chi connectivity index (χ3n) is 13.0. The summed E-state index contributed by atoms with van der Waals surface area (Å²) in [6, 6.07) is 79.6. The standard InChI is InChI=1S/C24H20N4O4.C23H17N3O3.C13H8BrNO.C7H4ClN.C6H5BrO/c25-13-16-5-9-19(10-6-16)32-20-11-7-17(8-12-20)28-22-4-2-1-3-21(22)23(27-28)24(31)26-14-18(30)15-29;1-2-28-23(27)22-20-5-3-4-6-21(20)26(25-22)17-9-13-19(14-10-17)29-18-11-7-16(15-24)8-12-18;14-11-3-7-13(8-4-11)16-12-5-1-10(9-15)2-6-12;8-7-3-1-6(5-9)2-4-7;7-5-1-3-6(8)4-2-5/h1-12,18,29-30H,14-15H2,(H,26,31);3-14H,2H2,1H3;1-8H;1-4H;1-4,8H. The summed E-state index contributed by atoms with van der Waals surface area (Å²) in [6.07, 6.45) is -1.03. The van der Waals surface area contributed by atoms with Gasteiger partial charge in [-0.05, 0) is 213 Å². The number of aliphatic hydroxyl groups excluding tert-OH is 2. The Bertz CT molecular complexity index is 4620. The molecule has 18 nitrogen and oxygen atoms in total. The molecule has 4 N–H and O–H groups in total. The first kappa shape index (κ1) is 68.3. The molecular formula is C73H54Br2ClN9O9. The van der Waals surface area contributed by atoms with Crippen molar-refractivity contribution in [2.24, 2.45) is 0 Å². The highest BCUT2D eigenvalue weighted by atomic mass is 79.9. The van der Waals surface area contributed by atoms with Crippen molar-refractivity contribution in [3.8, 4) is 75.9 Å². The second-order valence-corrected chi connectivity index (χ2v) is 21.8. The molecule has 0 radical (unpaired) electrons. The van der Waals surface area contributed by atoms with Crippen molar-refractivity contribution in [1.29, 1.82) is 21.0 Å². The van der Waals surface area contributed by atoms with Gasteiger partial charge in [0.2, 0.25) is 0 Å². The van der Waals surface area contributed by atoms with Crippen LogP contribution in [0.3, 0.4) is 0 Å². The summed E-state index contributed by atoms with van der Waals surface area (Å²) in [5.74, 6) is 3.45. The number of fused-ring (bicyclic) bond motifs is 2. The first-order valence-electron chi connectivity index (χ1n) is 28.5. The number of hydrogen-bond donors (Lipinski definition) is 4. The van der Waals surface area contributed by atoms with Crippen molar-refractivity contribution >= 4 is 77.1 Å². The van der Waals surface area contributed by atoms with Crippen LogP contribution in [0.4, 0.5) is 0 Å². The SMILES string of the molecule is CCOC(=O)c1nn(-c2ccc(Oc3ccc(C#N)cc3)cc2)c2ccccc12.N#Cc1ccc(Cl)cc1.N#Cc1ccc(Oc2ccc(-n3nc(C(=O)NCC(O)CO)c4ccccc43)cc2)cc1.N#Cc1ccc(Oc2ccc(Br)cc2)cc1.Oc1ccc(Br)cc1. The maximum absolute atomic E-state index is 12.6. The lowest BCUT2D eigenvalue weighted by molar-refractivity contribution is 0.0521. The smallest absolute Gasteiger partial charge is 0.359 e. The number of hydrogen-bond acceptors (Lipinski definition) is 15. The molecule has 1 amide bonds. The van der Waals surface area contributed by atoms with Crippen LogP contribution in [0, 0.1) is 45.3 Å². The molecule has 2 aromatic heterocycles.